The molecule has 0 saturated heterocycles. The quantitative estimate of drug-likeness (QED) is 0.150. The van der Waals surface area contributed by atoms with E-state index in [-0.39, 0.29) is 23.6 Å². The lowest BCUT2D eigenvalue weighted by molar-refractivity contribution is -0.157. The van der Waals surface area contributed by atoms with Crippen molar-refractivity contribution in [3.8, 4) is 17.2 Å². The first-order valence-corrected chi connectivity index (χ1v) is 11.6. The predicted octanol–water partition coefficient (Wildman–Crippen LogP) is 4.81. The molecule has 9 nitrogen and oxygen atoms in total. The standard InChI is InChI=1S/C26H30ClNO8/c1-6-8-22(36-20-10-7-9-19(27)14-20)17(3)35-26(31)16(2)13-21(30)24-25(34-15-33-18(4)29)23(32-5)11-12-28-24/h6-7,9-12,14,16-17,22H,1,8,13,15H2,2-5H3/t16-,17+,22-/m1/s1. The largest absolute Gasteiger partial charge is 0.493 e. The second-order valence-electron chi connectivity index (χ2n) is 7.90. The fraction of sp³-hybridized carbons (Fsp3) is 0.385. The zero-order chi connectivity index (χ0) is 26.7. The molecule has 0 bridgehead atoms. The highest BCUT2D eigenvalue weighted by Crippen LogP contribution is 2.31. The van der Waals surface area contributed by atoms with Gasteiger partial charge in [-0.1, -0.05) is 30.7 Å². The minimum Gasteiger partial charge on any atom is -0.493 e. The topological polar surface area (TPSA) is 110 Å². The Hall–Kier alpha value is -3.59. The number of pyridine rings is 1. The van der Waals surface area contributed by atoms with Crippen LogP contribution in [0.4, 0.5) is 0 Å². The average molecular weight is 520 g/mol. The average Bonchev–Trinajstić information content (AvgIpc) is 2.83. The molecule has 2 aromatic rings. The summed E-state index contributed by atoms with van der Waals surface area (Å²) in [7, 11) is 1.40. The first-order chi connectivity index (χ1) is 17.2. The number of ether oxygens (including phenoxy) is 5. The third kappa shape index (κ3) is 8.57. The molecule has 0 aliphatic heterocycles. The van der Waals surface area contributed by atoms with Gasteiger partial charge in [-0.05, 0) is 25.1 Å². The number of halogens is 1. The molecular formula is C26H30ClNO8. The Morgan fingerprint density at radius 1 is 1.19 bits per heavy atom. The number of carbonyl (C=O) groups excluding carboxylic acids is 3. The molecule has 0 radical (unpaired) electrons. The Morgan fingerprint density at radius 2 is 1.94 bits per heavy atom. The normalized spacial score (nSPS) is 13.0. The molecule has 0 aliphatic carbocycles. The van der Waals surface area contributed by atoms with Gasteiger partial charge in [-0.3, -0.25) is 14.4 Å². The zero-order valence-corrected chi connectivity index (χ0v) is 21.4. The van der Waals surface area contributed by atoms with E-state index in [4.69, 9.17) is 35.3 Å². The van der Waals surface area contributed by atoms with Crippen molar-refractivity contribution in [3.63, 3.8) is 0 Å². The molecule has 0 fully saturated rings. The number of nitrogens with zero attached hydrogens (tertiary/aromatic N) is 1. The molecule has 10 heteroatoms. The van der Waals surface area contributed by atoms with Crippen molar-refractivity contribution >= 4 is 29.3 Å². The van der Waals surface area contributed by atoms with Gasteiger partial charge in [0.25, 0.3) is 0 Å². The van der Waals surface area contributed by atoms with E-state index in [2.05, 4.69) is 11.6 Å². The molecule has 2 rings (SSSR count). The van der Waals surface area contributed by atoms with Crippen LogP contribution >= 0.6 is 11.6 Å². The number of hydrogen-bond acceptors (Lipinski definition) is 9. The lowest BCUT2D eigenvalue weighted by Crippen LogP contribution is -2.35. The molecule has 1 heterocycles. The van der Waals surface area contributed by atoms with Crippen molar-refractivity contribution in [2.45, 2.75) is 45.8 Å². The van der Waals surface area contributed by atoms with Gasteiger partial charge < -0.3 is 23.7 Å². The highest BCUT2D eigenvalue weighted by atomic mass is 35.5. The van der Waals surface area contributed by atoms with Crippen LogP contribution in [0, 0.1) is 5.92 Å². The predicted molar refractivity (Wildman–Crippen MR) is 132 cm³/mol. The van der Waals surface area contributed by atoms with Crippen LogP contribution < -0.4 is 14.2 Å². The molecule has 1 aromatic carbocycles. The highest BCUT2D eigenvalue weighted by Gasteiger charge is 2.28. The molecule has 0 saturated carbocycles. The number of ketones is 1. The number of aromatic nitrogens is 1. The smallest absolute Gasteiger partial charge is 0.309 e. The van der Waals surface area contributed by atoms with Crippen LogP contribution in [0.25, 0.3) is 0 Å². The fourth-order valence-electron chi connectivity index (χ4n) is 3.15. The summed E-state index contributed by atoms with van der Waals surface area (Å²) < 4.78 is 27.0. The summed E-state index contributed by atoms with van der Waals surface area (Å²) in [5.41, 5.74) is -0.0528. The molecule has 0 aliphatic rings. The van der Waals surface area contributed by atoms with Gasteiger partial charge in [-0.2, -0.15) is 0 Å². The number of Topliss-reactive ketones (excluding diaryl/α,β-unsaturated/α-hetero) is 1. The molecule has 3 atom stereocenters. The van der Waals surface area contributed by atoms with Gasteiger partial charge >= 0.3 is 11.9 Å². The SMILES string of the molecule is C=CC[C@@H](Oc1cccc(Cl)c1)[C@H](C)OC(=O)[C@H](C)CC(=O)c1nccc(OC)c1OCOC(C)=O. The summed E-state index contributed by atoms with van der Waals surface area (Å²) in [5, 5.41) is 0.518. The maximum absolute atomic E-state index is 13.0. The third-order valence-corrected chi connectivity index (χ3v) is 5.26. The fourth-order valence-corrected chi connectivity index (χ4v) is 3.33. The number of rotatable bonds is 14. The number of carbonyl (C=O) groups is 3. The van der Waals surface area contributed by atoms with Crippen LogP contribution in [0.3, 0.4) is 0 Å². The zero-order valence-electron chi connectivity index (χ0n) is 20.7. The summed E-state index contributed by atoms with van der Waals surface area (Å²) in [6, 6.07) is 8.39. The van der Waals surface area contributed by atoms with Crippen LogP contribution in [-0.4, -0.2) is 48.8 Å². The van der Waals surface area contributed by atoms with E-state index in [9.17, 15) is 14.4 Å². The van der Waals surface area contributed by atoms with E-state index in [0.29, 0.717) is 17.2 Å². The first kappa shape index (κ1) is 28.6. The van der Waals surface area contributed by atoms with Crippen molar-refractivity contribution in [1.29, 1.82) is 0 Å². The summed E-state index contributed by atoms with van der Waals surface area (Å²) in [6.07, 6.45) is 2.13. The van der Waals surface area contributed by atoms with Crippen molar-refractivity contribution in [2.75, 3.05) is 13.9 Å². The lowest BCUT2D eigenvalue weighted by Gasteiger charge is -2.25. The van der Waals surface area contributed by atoms with E-state index in [1.807, 2.05) is 0 Å². The van der Waals surface area contributed by atoms with Crippen molar-refractivity contribution in [1.82, 2.24) is 4.98 Å². The second-order valence-corrected chi connectivity index (χ2v) is 8.33. The Kier molecular flexibility index (Phi) is 11.2. The number of esters is 2. The molecule has 194 valence electrons. The molecule has 0 unspecified atom stereocenters. The van der Waals surface area contributed by atoms with E-state index >= 15 is 0 Å². The van der Waals surface area contributed by atoms with Crippen molar-refractivity contribution in [2.24, 2.45) is 5.92 Å². The maximum atomic E-state index is 13.0. The Morgan fingerprint density at radius 3 is 2.58 bits per heavy atom. The Bertz CT molecular complexity index is 1070. The molecule has 36 heavy (non-hydrogen) atoms. The minimum absolute atomic E-state index is 0.0150. The van der Waals surface area contributed by atoms with Crippen molar-refractivity contribution < 1.29 is 38.1 Å². The van der Waals surface area contributed by atoms with E-state index < -0.39 is 42.6 Å². The van der Waals surface area contributed by atoms with Gasteiger partial charge in [-0.15, -0.1) is 6.58 Å². The molecule has 1 aromatic heterocycles. The number of methoxy groups -OCH3 is 1. The van der Waals surface area contributed by atoms with Crippen LogP contribution in [-0.2, 0) is 19.1 Å². The molecule has 0 N–H and O–H groups in total. The van der Waals surface area contributed by atoms with E-state index in [1.165, 1.54) is 26.3 Å². The van der Waals surface area contributed by atoms with E-state index in [0.717, 1.165) is 0 Å². The summed E-state index contributed by atoms with van der Waals surface area (Å²) >= 11 is 6.02. The van der Waals surface area contributed by atoms with Gasteiger partial charge in [-0.25, -0.2) is 4.98 Å². The third-order valence-electron chi connectivity index (χ3n) is 5.02. The lowest BCUT2D eigenvalue weighted by atomic mass is 10.0. The maximum Gasteiger partial charge on any atom is 0.309 e. The summed E-state index contributed by atoms with van der Waals surface area (Å²) in [5.74, 6) is -1.61. The first-order valence-electron chi connectivity index (χ1n) is 11.2. The molecule has 0 amide bonds. The molecule has 0 spiro atoms. The Balaban J connectivity index is 2.06. The van der Waals surface area contributed by atoms with E-state index in [1.54, 1.807) is 44.2 Å². The molecular weight excluding hydrogens is 490 g/mol. The summed E-state index contributed by atoms with van der Waals surface area (Å²) in [4.78, 5) is 40.9. The number of hydrogen-bond donors (Lipinski definition) is 0. The van der Waals surface area contributed by atoms with Crippen LogP contribution in [0.2, 0.25) is 5.02 Å². The Labute approximate surface area is 215 Å². The monoisotopic (exact) mass is 519 g/mol. The van der Waals surface area contributed by atoms with Crippen molar-refractivity contribution in [3.05, 3.63) is 59.9 Å². The number of benzene rings is 1. The van der Waals surface area contributed by atoms with Gasteiger partial charge in [0.1, 0.15) is 18.0 Å². The van der Waals surface area contributed by atoms with Gasteiger partial charge in [0.2, 0.25) is 6.79 Å². The van der Waals surface area contributed by atoms with Gasteiger partial charge in [0.15, 0.2) is 23.0 Å². The van der Waals surface area contributed by atoms with Crippen LogP contribution in [0.1, 0.15) is 44.1 Å². The van der Waals surface area contributed by atoms with Crippen LogP contribution in [0.15, 0.2) is 49.2 Å². The minimum atomic E-state index is -0.787. The second kappa shape index (κ2) is 14.1. The van der Waals surface area contributed by atoms with Crippen LogP contribution in [0.5, 0.6) is 17.2 Å². The van der Waals surface area contributed by atoms with Gasteiger partial charge in [0.05, 0.1) is 13.0 Å². The highest BCUT2D eigenvalue weighted by molar-refractivity contribution is 6.30. The summed E-state index contributed by atoms with van der Waals surface area (Å²) in [6.45, 7) is 7.81. The van der Waals surface area contributed by atoms with Gasteiger partial charge in [0, 0.05) is 37.1 Å².